The van der Waals surface area contributed by atoms with Crippen molar-refractivity contribution < 1.29 is 31.2 Å². The third kappa shape index (κ3) is 4.15. The van der Waals surface area contributed by atoms with Gasteiger partial charge in [0, 0.05) is 12.2 Å². The maximum Gasteiger partial charge on any atom is 0.409 e. The normalized spacial score (nSPS) is 18.6. The number of para-hydroxylation sites is 2. The van der Waals surface area contributed by atoms with E-state index in [0.29, 0.717) is 29.1 Å². The Labute approximate surface area is 181 Å². The van der Waals surface area contributed by atoms with Crippen molar-refractivity contribution in [2.45, 2.75) is 30.0 Å². The van der Waals surface area contributed by atoms with Crippen LogP contribution in [0.2, 0.25) is 0 Å². The Balaban J connectivity index is 1.67. The summed E-state index contributed by atoms with van der Waals surface area (Å²) in [7, 11) is -3.91. The molecular formula is C20H19F3N4O4S. The van der Waals surface area contributed by atoms with Gasteiger partial charge in [-0.15, -0.1) is 0 Å². The van der Waals surface area contributed by atoms with Crippen molar-refractivity contribution >= 4 is 38.9 Å². The molecule has 3 N–H and O–H groups in total. The lowest BCUT2D eigenvalue weighted by Crippen LogP contribution is -2.52. The Morgan fingerprint density at radius 2 is 1.88 bits per heavy atom. The highest BCUT2D eigenvalue weighted by molar-refractivity contribution is 7.89. The predicted molar refractivity (Wildman–Crippen MR) is 111 cm³/mol. The molecule has 2 aromatic rings. The van der Waals surface area contributed by atoms with Gasteiger partial charge >= 0.3 is 6.18 Å². The van der Waals surface area contributed by atoms with Crippen molar-refractivity contribution in [3.05, 3.63) is 48.0 Å². The van der Waals surface area contributed by atoms with Gasteiger partial charge in [0.2, 0.25) is 21.8 Å². The number of benzene rings is 2. The summed E-state index contributed by atoms with van der Waals surface area (Å²) in [4.78, 5) is 27.4. The van der Waals surface area contributed by atoms with Crippen LogP contribution in [0.3, 0.4) is 0 Å². The number of alkyl halides is 3. The fraction of sp³-hybridized carbons (Fsp3) is 0.300. The summed E-state index contributed by atoms with van der Waals surface area (Å²) in [5.74, 6) is -1.67. The molecule has 12 heteroatoms. The standard InChI is InChI=1S/C20H19F3N4O4S/c21-20(22,23)17-10-18(28)25-14-3-1-2-4-16(14)27(17)19(29)11-26-8-7-12-9-13(32(24,30)31)5-6-15(12)26/h1-6,9,17H,7-8,10-11H2,(H,25,28)(H2,24,30,31). The van der Waals surface area contributed by atoms with Gasteiger partial charge in [0.25, 0.3) is 0 Å². The van der Waals surface area contributed by atoms with E-state index < -0.39 is 40.5 Å². The van der Waals surface area contributed by atoms with Gasteiger partial charge in [-0.1, -0.05) is 12.1 Å². The molecule has 0 saturated carbocycles. The van der Waals surface area contributed by atoms with E-state index in [-0.39, 0.29) is 22.8 Å². The van der Waals surface area contributed by atoms with Crippen molar-refractivity contribution in [1.82, 2.24) is 0 Å². The lowest BCUT2D eigenvalue weighted by Gasteiger charge is -2.33. The lowest BCUT2D eigenvalue weighted by atomic mass is 10.1. The molecule has 2 amide bonds. The molecule has 2 aromatic carbocycles. The van der Waals surface area contributed by atoms with Gasteiger partial charge in [0.1, 0.15) is 6.04 Å². The van der Waals surface area contributed by atoms with Crippen LogP contribution >= 0.6 is 0 Å². The number of anilines is 3. The summed E-state index contributed by atoms with van der Waals surface area (Å²) in [6.45, 7) is -0.0602. The molecule has 8 nitrogen and oxygen atoms in total. The van der Waals surface area contributed by atoms with Crippen LogP contribution in [0.25, 0.3) is 0 Å². The molecule has 32 heavy (non-hydrogen) atoms. The number of sulfonamides is 1. The number of carbonyl (C=O) groups excluding carboxylic acids is 2. The molecule has 2 aliphatic rings. The first-order valence-corrected chi connectivity index (χ1v) is 11.2. The molecule has 170 valence electrons. The summed E-state index contributed by atoms with van der Waals surface area (Å²) in [6, 6.07) is 7.69. The smallest absolute Gasteiger partial charge is 0.362 e. The van der Waals surface area contributed by atoms with Gasteiger partial charge in [0.05, 0.1) is 29.2 Å². The number of nitrogens with two attached hydrogens (primary N) is 1. The quantitative estimate of drug-likeness (QED) is 0.716. The van der Waals surface area contributed by atoms with E-state index in [1.165, 1.54) is 36.4 Å². The highest BCUT2D eigenvalue weighted by Gasteiger charge is 2.49. The fourth-order valence-electron chi connectivity index (χ4n) is 4.02. The van der Waals surface area contributed by atoms with Crippen LogP contribution in [0.5, 0.6) is 0 Å². The second-order valence-corrected chi connectivity index (χ2v) is 9.16. The Bertz CT molecular complexity index is 1200. The largest absolute Gasteiger partial charge is 0.409 e. The first-order chi connectivity index (χ1) is 14.9. The van der Waals surface area contributed by atoms with Crippen molar-refractivity contribution in [3.63, 3.8) is 0 Å². The van der Waals surface area contributed by atoms with Crippen molar-refractivity contribution in [1.29, 1.82) is 0 Å². The van der Waals surface area contributed by atoms with E-state index in [4.69, 9.17) is 5.14 Å². The number of hydrogen-bond donors (Lipinski definition) is 2. The van der Waals surface area contributed by atoms with E-state index in [9.17, 15) is 31.2 Å². The maximum atomic E-state index is 13.9. The minimum absolute atomic E-state index is 0.0327. The number of hydrogen-bond acceptors (Lipinski definition) is 5. The van der Waals surface area contributed by atoms with Gasteiger partial charge < -0.3 is 10.2 Å². The molecule has 4 rings (SSSR count). The summed E-state index contributed by atoms with van der Waals surface area (Å²) in [5.41, 5.74) is 1.27. The minimum atomic E-state index is -4.82. The molecule has 0 aliphatic carbocycles. The first kappa shape index (κ1) is 22.1. The summed E-state index contributed by atoms with van der Waals surface area (Å²) in [6.07, 6.45) is -5.33. The molecular weight excluding hydrogens is 449 g/mol. The zero-order valence-electron chi connectivity index (χ0n) is 16.6. The Morgan fingerprint density at radius 3 is 2.56 bits per heavy atom. The zero-order chi connectivity index (χ0) is 23.3. The Kier molecular flexibility index (Phi) is 5.37. The Hall–Kier alpha value is -3.12. The van der Waals surface area contributed by atoms with Crippen LogP contribution in [0.1, 0.15) is 12.0 Å². The molecule has 0 spiro atoms. The number of nitrogens with zero attached hydrogens (tertiary/aromatic N) is 2. The van der Waals surface area contributed by atoms with Crippen LogP contribution in [0.15, 0.2) is 47.4 Å². The van der Waals surface area contributed by atoms with Gasteiger partial charge in [-0.25, -0.2) is 13.6 Å². The van der Waals surface area contributed by atoms with Crippen LogP contribution in [0.4, 0.5) is 30.2 Å². The molecule has 1 unspecified atom stereocenters. The zero-order valence-corrected chi connectivity index (χ0v) is 17.4. The summed E-state index contributed by atoms with van der Waals surface area (Å²) < 4.78 is 64.7. The van der Waals surface area contributed by atoms with Crippen LogP contribution < -0.4 is 20.3 Å². The van der Waals surface area contributed by atoms with Crippen LogP contribution in [0, 0.1) is 0 Å². The average molecular weight is 468 g/mol. The molecule has 1 atom stereocenters. The van der Waals surface area contributed by atoms with Crippen LogP contribution in [-0.2, 0) is 26.0 Å². The van der Waals surface area contributed by atoms with E-state index in [2.05, 4.69) is 5.32 Å². The highest BCUT2D eigenvalue weighted by atomic mass is 32.2. The first-order valence-electron chi connectivity index (χ1n) is 9.63. The van der Waals surface area contributed by atoms with Gasteiger partial charge in [-0.3, -0.25) is 14.5 Å². The molecule has 0 radical (unpaired) electrons. The number of carbonyl (C=O) groups is 2. The third-order valence-electron chi connectivity index (χ3n) is 5.47. The number of primary sulfonamides is 1. The molecule has 0 aromatic heterocycles. The van der Waals surface area contributed by atoms with Gasteiger partial charge in [0.15, 0.2) is 0 Å². The SMILES string of the molecule is NS(=O)(=O)c1ccc2c(c1)CCN2CC(=O)N1c2ccccc2NC(=O)CC1C(F)(F)F. The van der Waals surface area contributed by atoms with Crippen molar-refractivity contribution in [2.75, 3.05) is 28.2 Å². The number of nitrogens with one attached hydrogen (secondary N) is 1. The number of halogens is 3. The van der Waals surface area contributed by atoms with E-state index in [1.807, 2.05) is 0 Å². The second kappa shape index (κ2) is 7.78. The molecule has 2 aliphatic heterocycles. The summed E-state index contributed by atoms with van der Waals surface area (Å²) >= 11 is 0. The third-order valence-corrected chi connectivity index (χ3v) is 6.38. The van der Waals surface area contributed by atoms with E-state index in [1.54, 1.807) is 11.0 Å². The average Bonchev–Trinajstić information content (AvgIpc) is 3.01. The van der Waals surface area contributed by atoms with Crippen molar-refractivity contribution in [3.8, 4) is 0 Å². The Morgan fingerprint density at radius 1 is 1.16 bits per heavy atom. The summed E-state index contributed by atoms with van der Waals surface area (Å²) in [5, 5.41) is 7.57. The van der Waals surface area contributed by atoms with Gasteiger partial charge in [-0.2, -0.15) is 13.2 Å². The number of amides is 2. The lowest BCUT2D eigenvalue weighted by molar-refractivity contribution is -0.157. The molecule has 0 fully saturated rings. The molecule has 2 heterocycles. The monoisotopic (exact) mass is 468 g/mol. The van der Waals surface area contributed by atoms with Crippen LogP contribution in [-0.4, -0.2) is 45.5 Å². The molecule has 0 saturated heterocycles. The topological polar surface area (TPSA) is 113 Å². The maximum absolute atomic E-state index is 13.9. The number of fused-ring (bicyclic) bond motifs is 2. The van der Waals surface area contributed by atoms with E-state index >= 15 is 0 Å². The molecule has 0 bridgehead atoms. The highest BCUT2D eigenvalue weighted by Crippen LogP contribution is 2.38. The predicted octanol–water partition coefficient (Wildman–Crippen LogP) is 2.00. The number of rotatable bonds is 3. The fourth-order valence-corrected chi connectivity index (χ4v) is 4.59. The second-order valence-electron chi connectivity index (χ2n) is 7.60. The van der Waals surface area contributed by atoms with Crippen molar-refractivity contribution in [2.24, 2.45) is 5.14 Å². The van der Waals surface area contributed by atoms with Gasteiger partial charge in [-0.05, 0) is 42.3 Å². The minimum Gasteiger partial charge on any atom is -0.362 e. The van der Waals surface area contributed by atoms with E-state index in [0.717, 1.165) is 0 Å².